The number of nitro groups is 1. The van der Waals surface area contributed by atoms with Crippen molar-refractivity contribution in [3.8, 4) is 22.4 Å². The second-order valence-corrected chi connectivity index (χ2v) is 9.13. The minimum atomic E-state index is -0.386. The van der Waals surface area contributed by atoms with E-state index in [2.05, 4.69) is 5.32 Å². The smallest absolute Gasteiger partial charge is 0.270 e. The maximum Gasteiger partial charge on any atom is 0.270 e. The molecule has 0 saturated heterocycles. The lowest BCUT2D eigenvalue weighted by Gasteiger charge is -2.22. The first-order valence-corrected chi connectivity index (χ1v) is 12.2. The van der Waals surface area contributed by atoms with Crippen molar-refractivity contribution in [2.24, 2.45) is 0 Å². The Balaban J connectivity index is 1.49. The molecule has 7 heteroatoms. The number of rotatable bonds is 7. The summed E-state index contributed by atoms with van der Waals surface area (Å²) in [6, 6.07) is 20.7. The minimum Gasteiger partial charge on any atom is -0.353 e. The summed E-state index contributed by atoms with van der Waals surface area (Å²) in [5, 5.41) is 14.5. The van der Waals surface area contributed by atoms with Crippen molar-refractivity contribution in [1.29, 1.82) is 0 Å². The number of pyridine rings is 1. The molecule has 0 bridgehead atoms. The van der Waals surface area contributed by atoms with Gasteiger partial charge in [-0.3, -0.25) is 14.9 Å². The number of aryl methyl sites for hydroxylation is 1. The molecule has 0 radical (unpaired) electrons. The van der Waals surface area contributed by atoms with E-state index in [0.717, 1.165) is 46.6 Å². The molecule has 7 nitrogen and oxygen atoms in total. The van der Waals surface area contributed by atoms with Gasteiger partial charge in [-0.05, 0) is 42.5 Å². The number of carbonyl (C=O) groups is 1. The quantitative estimate of drug-likeness (QED) is 0.268. The molecule has 1 fully saturated rings. The monoisotopic (exact) mass is 468 g/mol. The van der Waals surface area contributed by atoms with Gasteiger partial charge in [0.15, 0.2) is 0 Å². The molecule has 2 heterocycles. The predicted molar refractivity (Wildman–Crippen MR) is 136 cm³/mol. The van der Waals surface area contributed by atoms with Gasteiger partial charge >= 0.3 is 0 Å². The van der Waals surface area contributed by atoms with Gasteiger partial charge in [0.25, 0.3) is 5.69 Å². The molecule has 1 saturated carbocycles. The van der Waals surface area contributed by atoms with E-state index in [4.69, 9.17) is 4.98 Å². The molecule has 0 spiro atoms. The lowest BCUT2D eigenvalue weighted by atomic mass is 9.95. The van der Waals surface area contributed by atoms with E-state index in [9.17, 15) is 14.9 Å². The average molecular weight is 469 g/mol. The molecule has 0 unspecified atom stereocenters. The fraction of sp³-hybridized carbons (Fsp3) is 0.286. The first-order chi connectivity index (χ1) is 17.1. The molecule has 178 valence electrons. The van der Waals surface area contributed by atoms with Crippen LogP contribution in [0.2, 0.25) is 0 Å². The summed E-state index contributed by atoms with van der Waals surface area (Å²) in [6.45, 7) is 0. The van der Waals surface area contributed by atoms with Crippen molar-refractivity contribution in [1.82, 2.24) is 14.7 Å². The molecule has 2 aromatic heterocycles. The van der Waals surface area contributed by atoms with Gasteiger partial charge in [-0.1, -0.05) is 61.7 Å². The van der Waals surface area contributed by atoms with Crippen LogP contribution < -0.4 is 5.32 Å². The Morgan fingerprint density at radius 3 is 2.51 bits per heavy atom. The van der Waals surface area contributed by atoms with Gasteiger partial charge in [-0.25, -0.2) is 4.98 Å². The highest BCUT2D eigenvalue weighted by molar-refractivity contribution is 5.77. The number of imidazole rings is 1. The first kappa shape index (κ1) is 22.8. The largest absolute Gasteiger partial charge is 0.353 e. The van der Waals surface area contributed by atoms with Gasteiger partial charge in [-0.2, -0.15) is 0 Å². The lowest BCUT2D eigenvalue weighted by molar-refractivity contribution is -0.384. The van der Waals surface area contributed by atoms with E-state index in [1.54, 1.807) is 12.1 Å². The van der Waals surface area contributed by atoms with E-state index < -0.39 is 0 Å². The molecular weight excluding hydrogens is 440 g/mol. The summed E-state index contributed by atoms with van der Waals surface area (Å²) < 4.78 is 2.02. The fourth-order valence-corrected chi connectivity index (χ4v) is 4.91. The summed E-state index contributed by atoms with van der Waals surface area (Å²) in [7, 11) is 0. The third-order valence-corrected chi connectivity index (χ3v) is 6.71. The highest BCUT2D eigenvalue weighted by Gasteiger charge is 2.19. The topological polar surface area (TPSA) is 89.5 Å². The van der Waals surface area contributed by atoms with Gasteiger partial charge in [0, 0.05) is 36.4 Å². The first-order valence-electron chi connectivity index (χ1n) is 12.2. The number of hydrogen-bond donors (Lipinski definition) is 1. The van der Waals surface area contributed by atoms with Crippen LogP contribution in [0.4, 0.5) is 5.69 Å². The summed E-state index contributed by atoms with van der Waals surface area (Å²) in [5.74, 6) is 0.0701. The van der Waals surface area contributed by atoms with Crippen LogP contribution >= 0.6 is 0 Å². The molecule has 0 aliphatic heterocycles. The third kappa shape index (κ3) is 5.09. The number of amides is 1. The van der Waals surface area contributed by atoms with E-state index in [1.165, 1.54) is 25.3 Å². The van der Waals surface area contributed by atoms with Crippen molar-refractivity contribution in [3.63, 3.8) is 0 Å². The minimum absolute atomic E-state index is 0.0535. The van der Waals surface area contributed by atoms with E-state index in [1.807, 2.05) is 59.1 Å². The van der Waals surface area contributed by atoms with Crippen molar-refractivity contribution >= 4 is 17.2 Å². The SMILES string of the molecule is O=C(CCc1c(-c2ccccc2)nc2ccc(-c3cccc([N+](=O)[O-])c3)cn12)NC1CCCCC1. The molecule has 1 amide bonds. The Hall–Kier alpha value is -4.00. The second kappa shape index (κ2) is 10.1. The number of nitrogens with zero attached hydrogens (tertiary/aromatic N) is 3. The van der Waals surface area contributed by atoms with E-state index >= 15 is 0 Å². The van der Waals surface area contributed by atoms with Crippen molar-refractivity contribution in [3.05, 3.63) is 88.7 Å². The number of non-ortho nitro benzene ring substituents is 1. The Morgan fingerprint density at radius 2 is 1.74 bits per heavy atom. The molecule has 0 atom stereocenters. The molecule has 4 aromatic rings. The van der Waals surface area contributed by atoms with Crippen LogP contribution in [0.25, 0.3) is 28.0 Å². The predicted octanol–water partition coefficient (Wildman–Crippen LogP) is 5.96. The Kier molecular flexibility index (Phi) is 6.57. The van der Waals surface area contributed by atoms with Crippen LogP contribution in [0.3, 0.4) is 0 Å². The molecule has 1 aliphatic carbocycles. The van der Waals surface area contributed by atoms with Crippen LogP contribution in [0, 0.1) is 10.1 Å². The standard InChI is InChI=1S/C28H28N4O3/c33-27(29-23-11-5-2-6-12-23)17-15-25-28(20-8-3-1-4-9-20)30-26-16-14-22(19-31(25)26)21-10-7-13-24(18-21)32(34)35/h1,3-4,7-10,13-14,16,18-19,23H,2,5-6,11-12,15,17H2,(H,29,33). The summed E-state index contributed by atoms with van der Waals surface area (Å²) in [6.07, 6.45) is 8.61. The van der Waals surface area contributed by atoms with Crippen LogP contribution in [0.1, 0.15) is 44.2 Å². The summed E-state index contributed by atoms with van der Waals surface area (Å²) >= 11 is 0. The molecule has 1 aliphatic rings. The number of carbonyl (C=O) groups excluding carboxylic acids is 1. The van der Waals surface area contributed by atoms with Gasteiger partial charge in [0.05, 0.1) is 16.3 Å². The zero-order valence-corrected chi connectivity index (χ0v) is 19.5. The number of nitro benzene ring substituents is 1. The van der Waals surface area contributed by atoms with E-state index in [-0.39, 0.29) is 22.6 Å². The highest BCUT2D eigenvalue weighted by atomic mass is 16.6. The highest BCUT2D eigenvalue weighted by Crippen LogP contribution is 2.29. The lowest BCUT2D eigenvalue weighted by Crippen LogP contribution is -2.36. The summed E-state index contributed by atoms with van der Waals surface area (Å²) in [4.78, 5) is 28.5. The zero-order valence-electron chi connectivity index (χ0n) is 19.5. The van der Waals surface area contributed by atoms with Crippen molar-refractivity contribution in [2.45, 2.75) is 51.0 Å². The number of benzene rings is 2. The Labute approximate surface area is 204 Å². The third-order valence-electron chi connectivity index (χ3n) is 6.71. The number of fused-ring (bicyclic) bond motifs is 1. The molecule has 2 aromatic carbocycles. The number of hydrogen-bond acceptors (Lipinski definition) is 4. The van der Waals surface area contributed by atoms with Gasteiger partial charge in [0.1, 0.15) is 5.65 Å². The van der Waals surface area contributed by atoms with Crippen LogP contribution in [-0.2, 0) is 11.2 Å². The van der Waals surface area contributed by atoms with Crippen LogP contribution in [0.15, 0.2) is 72.9 Å². The molecule has 35 heavy (non-hydrogen) atoms. The van der Waals surface area contributed by atoms with Gasteiger partial charge < -0.3 is 9.72 Å². The van der Waals surface area contributed by atoms with Crippen molar-refractivity contribution < 1.29 is 9.72 Å². The molecule has 1 N–H and O–H groups in total. The Bertz CT molecular complexity index is 1360. The van der Waals surface area contributed by atoms with Gasteiger partial charge in [0.2, 0.25) is 5.91 Å². The normalized spacial score (nSPS) is 14.2. The molecule has 5 rings (SSSR count). The Morgan fingerprint density at radius 1 is 0.971 bits per heavy atom. The van der Waals surface area contributed by atoms with Crippen LogP contribution in [-0.4, -0.2) is 26.3 Å². The maximum absolute atomic E-state index is 12.8. The second-order valence-electron chi connectivity index (χ2n) is 9.13. The van der Waals surface area contributed by atoms with Crippen LogP contribution in [0.5, 0.6) is 0 Å². The maximum atomic E-state index is 12.8. The fourth-order valence-electron chi connectivity index (χ4n) is 4.91. The molecular formula is C28H28N4O3. The average Bonchev–Trinajstić information content (AvgIpc) is 3.26. The summed E-state index contributed by atoms with van der Waals surface area (Å²) in [5.41, 5.74) is 5.25. The van der Waals surface area contributed by atoms with Gasteiger partial charge in [-0.15, -0.1) is 0 Å². The number of nitrogens with one attached hydrogen (secondary N) is 1. The number of aromatic nitrogens is 2. The van der Waals surface area contributed by atoms with E-state index in [0.29, 0.717) is 12.8 Å². The van der Waals surface area contributed by atoms with Crippen molar-refractivity contribution in [2.75, 3.05) is 0 Å². The zero-order chi connectivity index (χ0) is 24.2.